The number of rotatable bonds is 9. The van der Waals surface area contributed by atoms with E-state index >= 15 is 0 Å². The van der Waals surface area contributed by atoms with Gasteiger partial charge in [-0.05, 0) is 97.2 Å². The van der Waals surface area contributed by atoms with Crippen molar-refractivity contribution >= 4 is 50.7 Å². The van der Waals surface area contributed by atoms with E-state index in [0.29, 0.717) is 56.4 Å². The molecule has 6 aliphatic rings. The van der Waals surface area contributed by atoms with E-state index in [9.17, 15) is 18.0 Å². The summed E-state index contributed by atoms with van der Waals surface area (Å²) in [5.74, 6) is -0.302. The molecule has 4 fully saturated rings. The van der Waals surface area contributed by atoms with Crippen LogP contribution >= 0.6 is 0 Å². The highest BCUT2D eigenvalue weighted by Crippen LogP contribution is 2.47. The summed E-state index contributed by atoms with van der Waals surface area (Å²) in [5, 5.41) is 6.13. The minimum atomic E-state index is -3.83. The maximum atomic E-state index is 14.9. The molecule has 0 radical (unpaired) electrons. The molecule has 2 aromatic carbocycles. The van der Waals surface area contributed by atoms with E-state index in [2.05, 4.69) is 49.0 Å². The van der Waals surface area contributed by atoms with Crippen LogP contribution in [0.2, 0.25) is 0 Å². The van der Waals surface area contributed by atoms with E-state index in [1.54, 1.807) is 13.2 Å². The first-order valence-electron chi connectivity index (χ1n) is 21.4. The number of ether oxygens (including phenoxy) is 2. The second-order valence-electron chi connectivity index (χ2n) is 17.8. The first kappa shape index (κ1) is 39.1. The molecule has 0 spiro atoms. The lowest BCUT2D eigenvalue weighted by Crippen LogP contribution is -2.55. The number of carbonyl (C=O) groups excluding carboxylic acids is 2. The summed E-state index contributed by atoms with van der Waals surface area (Å²) in [5.41, 5.74) is 7.48. The SMILES string of the molecule is COc1ccc2c(c1)C=C(C1=[N+](C3CCOCC3)N=CC1C(=O)N1CC3CCC(C1)N3C)Cn1c-2c(C2CCCCC2)c2ccc(C(=O)NS(=O)(=O)CC(C)C)cc21. The summed E-state index contributed by atoms with van der Waals surface area (Å²) in [6.07, 6.45) is 13.6. The molecule has 9 rings (SSSR count). The molecule has 1 N–H and O–H groups in total. The van der Waals surface area contributed by atoms with Crippen LogP contribution in [0.4, 0.5) is 0 Å². The van der Waals surface area contributed by atoms with Crippen molar-refractivity contribution in [1.29, 1.82) is 0 Å². The highest BCUT2D eigenvalue weighted by atomic mass is 32.2. The van der Waals surface area contributed by atoms with Crippen LogP contribution in [0.15, 0.2) is 47.1 Å². The number of likely N-dealkylation sites (tertiary alicyclic amines) is 1. The van der Waals surface area contributed by atoms with Gasteiger partial charge < -0.3 is 18.9 Å². The van der Waals surface area contributed by atoms with Crippen LogP contribution in [-0.2, 0) is 26.1 Å². The predicted molar refractivity (Wildman–Crippen MR) is 226 cm³/mol. The number of likely N-dealkylation sites (N-methyl/N-ethyl adjacent to an activating group) is 1. The van der Waals surface area contributed by atoms with Crippen LogP contribution in [0, 0.1) is 11.8 Å². The van der Waals surface area contributed by atoms with Gasteiger partial charge in [0.1, 0.15) is 5.75 Å². The number of piperazine rings is 1. The molecular formula is C45H57N6O6S+. The quantitative estimate of drug-likeness (QED) is 0.262. The molecule has 1 aromatic heterocycles. The zero-order valence-corrected chi connectivity index (χ0v) is 35.1. The molecule has 58 heavy (non-hydrogen) atoms. The highest BCUT2D eigenvalue weighted by Gasteiger charge is 2.48. The molecule has 2 amide bonds. The standard InChI is InChI=1S/C45H56N6O6S/c1-28(2)27-58(54,55)47-44(52)30-10-14-38-40(22-30)50-24-32(20-31-21-36(56-4)13-15-37(31)43(50)41(38)29-8-6-5-7-9-29)42-39(23-46-51(42)33-16-18-57-19-17-33)45(53)49-25-34-11-12-35(26-49)48(34)3/h10,13-15,20-23,28-29,33-35,39H,5-9,11-12,16-19,24-27H2,1-4H3/p+1. The fraction of sp³-hybridized carbons (Fsp3) is 0.556. The van der Waals surface area contributed by atoms with Crippen LogP contribution in [0.5, 0.6) is 5.75 Å². The molecule has 308 valence electrons. The van der Waals surface area contributed by atoms with Gasteiger partial charge in [-0.25, -0.2) is 13.1 Å². The normalized spacial score (nSPS) is 24.3. The first-order valence-corrected chi connectivity index (χ1v) is 23.0. The number of aromatic nitrogens is 1. The Labute approximate surface area is 342 Å². The van der Waals surface area contributed by atoms with Crippen LogP contribution in [0.3, 0.4) is 0 Å². The smallest absolute Gasteiger partial charge is 0.264 e. The molecule has 5 aliphatic heterocycles. The Kier molecular flexibility index (Phi) is 10.6. The number of hydrogen-bond acceptors (Lipinski definition) is 8. The molecular weight excluding hydrogens is 753 g/mol. The molecule has 1 aliphatic carbocycles. The van der Waals surface area contributed by atoms with E-state index in [1.807, 2.05) is 38.3 Å². The number of carbonyl (C=O) groups is 2. The number of nitrogens with zero attached hydrogens (tertiary/aromatic N) is 5. The third-order valence-corrected chi connectivity index (χ3v) is 15.1. The van der Waals surface area contributed by atoms with Gasteiger partial charge in [-0.15, -0.1) is 0 Å². The van der Waals surface area contributed by atoms with Crippen LogP contribution in [0.25, 0.3) is 28.2 Å². The largest absolute Gasteiger partial charge is 0.497 e. The number of hydrazone groups is 1. The number of hydrogen-bond donors (Lipinski definition) is 1. The van der Waals surface area contributed by atoms with E-state index in [4.69, 9.17) is 14.6 Å². The average Bonchev–Trinajstić information content (AvgIpc) is 3.80. The van der Waals surface area contributed by atoms with Crippen molar-refractivity contribution in [3.05, 3.63) is 58.7 Å². The second-order valence-corrected chi connectivity index (χ2v) is 19.5. The Morgan fingerprint density at radius 1 is 0.983 bits per heavy atom. The monoisotopic (exact) mass is 809 g/mol. The third kappa shape index (κ3) is 7.21. The summed E-state index contributed by atoms with van der Waals surface area (Å²) >= 11 is 0. The molecule has 1 saturated carbocycles. The summed E-state index contributed by atoms with van der Waals surface area (Å²) in [6, 6.07) is 12.7. The fourth-order valence-corrected chi connectivity index (χ4v) is 12.0. The topological polar surface area (TPSA) is 126 Å². The molecule has 3 unspecified atom stereocenters. The Hall–Kier alpha value is -4.33. The number of allylic oxidation sites excluding steroid dienone is 1. The maximum Gasteiger partial charge on any atom is 0.264 e. The van der Waals surface area contributed by atoms with Gasteiger partial charge in [-0.3, -0.25) is 14.5 Å². The average molecular weight is 810 g/mol. The number of fused-ring (bicyclic) bond motifs is 7. The molecule has 13 heteroatoms. The maximum absolute atomic E-state index is 14.9. The van der Waals surface area contributed by atoms with Crippen LogP contribution < -0.4 is 9.46 Å². The number of nitrogens with one attached hydrogen (secondary N) is 1. The molecule has 3 atom stereocenters. The lowest BCUT2D eigenvalue weighted by molar-refractivity contribution is -0.574. The van der Waals surface area contributed by atoms with Gasteiger partial charge in [0, 0.05) is 65.6 Å². The van der Waals surface area contributed by atoms with E-state index in [0.717, 1.165) is 96.1 Å². The minimum Gasteiger partial charge on any atom is -0.497 e. The van der Waals surface area contributed by atoms with Gasteiger partial charge in [0.15, 0.2) is 12.0 Å². The number of sulfonamides is 1. The summed E-state index contributed by atoms with van der Waals surface area (Å²) in [6.45, 7) is 6.78. The van der Waals surface area contributed by atoms with E-state index in [-0.39, 0.29) is 23.6 Å². The lowest BCUT2D eigenvalue weighted by Gasteiger charge is -2.39. The van der Waals surface area contributed by atoms with Crippen LogP contribution in [-0.4, -0.2) is 116 Å². The van der Waals surface area contributed by atoms with E-state index < -0.39 is 21.8 Å². The fourth-order valence-electron chi connectivity index (χ4n) is 10.7. The van der Waals surface area contributed by atoms with Gasteiger partial charge in [-0.2, -0.15) is 0 Å². The Balaban J connectivity index is 1.22. The zero-order chi connectivity index (χ0) is 40.3. The Bertz CT molecular complexity index is 2320. The van der Waals surface area contributed by atoms with Crippen molar-refractivity contribution in [3.63, 3.8) is 0 Å². The summed E-state index contributed by atoms with van der Waals surface area (Å²) in [4.78, 5) is 33.2. The second kappa shape index (κ2) is 15.7. The van der Waals surface area contributed by atoms with Crippen molar-refractivity contribution in [3.8, 4) is 17.0 Å². The molecule has 3 saturated heterocycles. The number of methoxy groups -OCH3 is 1. The Morgan fingerprint density at radius 2 is 1.72 bits per heavy atom. The number of benzene rings is 2. The molecule has 6 heterocycles. The van der Waals surface area contributed by atoms with Gasteiger partial charge in [0.05, 0.1) is 44.5 Å². The lowest BCUT2D eigenvalue weighted by atomic mass is 9.81. The van der Waals surface area contributed by atoms with Crippen molar-refractivity contribution in [2.45, 2.75) is 102 Å². The minimum absolute atomic E-state index is 0.0807. The first-order chi connectivity index (χ1) is 28.0. The highest BCUT2D eigenvalue weighted by molar-refractivity contribution is 7.90. The van der Waals surface area contributed by atoms with Gasteiger partial charge in [0.2, 0.25) is 21.6 Å². The molecule has 2 bridgehead atoms. The van der Waals surface area contributed by atoms with Gasteiger partial charge in [-0.1, -0.05) is 43.9 Å². The van der Waals surface area contributed by atoms with Crippen molar-refractivity contribution in [2.75, 3.05) is 46.2 Å². The number of amides is 2. The van der Waals surface area contributed by atoms with Gasteiger partial charge in [0.25, 0.3) is 5.91 Å². The van der Waals surface area contributed by atoms with Crippen molar-refractivity contribution in [1.82, 2.24) is 19.1 Å². The summed E-state index contributed by atoms with van der Waals surface area (Å²) < 4.78 is 44.3. The van der Waals surface area contributed by atoms with Crippen LogP contribution in [0.1, 0.15) is 99.0 Å². The van der Waals surface area contributed by atoms with Crippen molar-refractivity contribution < 1.29 is 32.2 Å². The van der Waals surface area contributed by atoms with Gasteiger partial charge >= 0.3 is 0 Å². The molecule has 3 aromatic rings. The zero-order valence-electron chi connectivity index (χ0n) is 34.3. The Morgan fingerprint density at radius 3 is 2.43 bits per heavy atom. The van der Waals surface area contributed by atoms with E-state index in [1.165, 1.54) is 12.0 Å². The third-order valence-electron chi connectivity index (χ3n) is 13.5. The van der Waals surface area contributed by atoms with Crippen molar-refractivity contribution in [2.24, 2.45) is 16.9 Å². The molecule has 12 nitrogen and oxygen atoms in total. The summed E-state index contributed by atoms with van der Waals surface area (Å²) in [7, 11) is 0.0472. The predicted octanol–water partition coefficient (Wildman–Crippen LogP) is 6.03.